The van der Waals surface area contributed by atoms with Crippen molar-refractivity contribution < 1.29 is 17.9 Å². The Hall–Kier alpha value is -3.22. The SMILES string of the molecule is C[C@H](NCCC1CN(c2ccc(C(F)(F)F)cc2)c2ccccc2O1)c1cccc2ccccc12.Cl. The van der Waals surface area contributed by atoms with Crippen LogP contribution in [0, 0.1) is 0 Å². The van der Waals surface area contributed by atoms with Crippen LogP contribution in [-0.2, 0) is 6.18 Å². The van der Waals surface area contributed by atoms with Gasteiger partial charge in [0.1, 0.15) is 11.9 Å². The number of nitrogens with zero attached hydrogens (tertiary/aromatic N) is 1. The smallest absolute Gasteiger partial charge is 0.416 e. The molecule has 5 rings (SSSR count). The molecule has 1 aliphatic rings. The summed E-state index contributed by atoms with van der Waals surface area (Å²) in [5.74, 6) is 0.741. The summed E-state index contributed by atoms with van der Waals surface area (Å²) in [4.78, 5) is 2.04. The van der Waals surface area contributed by atoms with Crippen molar-refractivity contribution in [1.82, 2.24) is 5.32 Å². The van der Waals surface area contributed by atoms with Crippen molar-refractivity contribution >= 4 is 34.6 Å². The molecule has 7 heteroatoms. The standard InChI is InChI=1S/C29H27F3N2O.ClH/c1-20(25-10-6-8-21-7-2-3-9-26(21)25)33-18-17-24-19-34(27-11-4-5-12-28(27)35-24)23-15-13-22(14-16-23)29(30,31)32;/h2-16,20,24,33H,17-19H2,1H3;1H/t20-,24?;/m0./s1. The quantitative estimate of drug-likeness (QED) is 0.284. The van der Waals surface area contributed by atoms with Crippen LogP contribution >= 0.6 is 12.4 Å². The van der Waals surface area contributed by atoms with Crippen LogP contribution in [0.5, 0.6) is 5.75 Å². The lowest BCUT2D eigenvalue weighted by atomic mass is 9.99. The molecular weight excluding hydrogens is 485 g/mol. The number of anilines is 2. The van der Waals surface area contributed by atoms with E-state index in [2.05, 4.69) is 48.6 Å². The van der Waals surface area contributed by atoms with Gasteiger partial charge in [0.25, 0.3) is 0 Å². The summed E-state index contributed by atoms with van der Waals surface area (Å²) in [5, 5.41) is 6.08. The predicted octanol–water partition coefficient (Wildman–Crippen LogP) is 7.92. The van der Waals surface area contributed by atoms with Gasteiger partial charge < -0.3 is 15.0 Å². The second kappa shape index (κ2) is 10.8. The minimum Gasteiger partial charge on any atom is -0.486 e. The molecule has 4 aromatic rings. The number of ether oxygens (including phenoxy) is 1. The first-order chi connectivity index (χ1) is 16.9. The maximum atomic E-state index is 13.0. The fourth-order valence-corrected chi connectivity index (χ4v) is 4.72. The maximum absolute atomic E-state index is 13.0. The van der Waals surface area contributed by atoms with Crippen LogP contribution in [0.1, 0.15) is 30.5 Å². The van der Waals surface area contributed by atoms with E-state index in [-0.39, 0.29) is 24.6 Å². The van der Waals surface area contributed by atoms with E-state index in [1.807, 2.05) is 35.2 Å². The van der Waals surface area contributed by atoms with Crippen molar-refractivity contribution in [2.24, 2.45) is 0 Å². The van der Waals surface area contributed by atoms with Crippen molar-refractivity contribution in [1.29, 1.82) is 0 Å². The lowest BCUT2D eigenvalue weighted by molar-refractivity contribution is -0.137. The highest BCUT2D eigenvalue weighted by Crippen LogP contribution is 2.39. The number of hydrogen-bond acceptors (Lipinski definition) is 3. The first-order valence-corrected chi connectivity index (χ1v) is 11.8. The van der Waals surface area contributed by atoms with Crippen LogP contribution < -0.4 is 15.0 Å². The fourth-order valence-electron chi connectivity index (χ4n) is 4.72. The van der Waals surface area contributed by atoms with Crippen molar-refractivity contribution in [2.45, 2.75) is 31.7 Å². The third-order valence-electron chi connectivity index (χ3n) is 6.55. The van der Waals surface area contributed by atoms with Crippen molar-refractivity contribution in [3.05, 3.63) is 102 Å². The molecule has 0 aliphatic carbocycles. The van der Waals surface area contributed by atoms with E-state index in [9.17, 15) is 13.2 Å². The maximum Gasteiger partial charge on any atom is 0.416 e. The van der Waals surface area contributed by atoms with Gasteiger partial charge in [0, 0.05) is 11.7 Å². The third-order valence-corrected chi connectivity index (χ3v) is 6.55. The zero-order valence-corrected chi connectivity index (χ0v) is 20.7. The Kier molecular flexibility index (Phi) is 7.76. The Balaban J connectivity index is 0.00000304. The molecule has 0 bridgehead atoms. The summed E-state index contributed by atoms with van der Waals surface area (Å²) in [7, 11) is 0. The molecule has 0 saturated carbocycles. The van der Waals surface area contributed by atoms with Gasteiger partial charge in [-0.25, -0.2) is 0 Å². The average Bonchev–Trinajstić information content (AvgIpc) is 2.87. The van der Waals surface area contributed by atoms with Crippen LogP contribution in [0.3, 0.4) is 0 Å². The molecule has 0 aromatic heterocycles. The topological polar surface area (TPSA) is 24.5 Å². The van der Waals surface area contributed by atoms with Crippen molar-refractivity contribution in [2.75, 3.05) is 18.0 Å². The highest BCUT2D eigenvalue weighted by atomic mass is 35.5. The fraction of sp³-hybridized carbons (Fsp3) is 0.241. The summed E-state index contributed by atoms with van der Waals surface area (Å²) < 4.78 is 45.4. The number of hydrogen-bond donors (Lipinski definition) is 1. The van der Waals surface area contributed by atoms with Crippen LogP contribution in [0.15, 0.2) is 91.0 Å². The minimum atomic E-state index is -4.35. The first-order valence-electron chi connectivity index (χ1n) is 11.8. The molecule has 0 radical (unpaired) electrons. The zero-order valence-electron chi connectivity index (χ0n) is 19.8. The van der Waals surface area contributed by atoms with Gasteiger partial charge in [0.05, 0.1) is 17.8 Å². The second-order valence-electron chi connectivity index (χ2n) is 8.90. The number of para-hydroxylation sites is 2. The summed E-state index contributed by atoms with van der Waals surface area (Å²) >= 11 is 0. The van der Waals surface area contributed by atoms with E-state index in [4.69, 9.17) is 4.74 Å². The van der Waals surface area contributed by atoms with Gasteiger partial charge in [-0.1, -0.05) is 54.6 Å². The molecule has 0 spiro atoms. The van der Waals surface area contributed by atoms with E-state index in [1.165, 1.54) is 28.5 Å². The molecule has 0 saturated heterocycles. The first kappa shape index (κ1) is 25.9. The highest BCUT2D eigenvalue weighted by molar-refractivity contribution is 5.86. The summed E-state index contributed by atoms with van der Waals surface area (Å²) in [5.41, 5.74) is 2.19. The van der Waals surface area contributed by atoms with Crippen molar-refractivity contribution in [3.8, 4) is 5.75 Å². The third kappa shape index (κ3) is 5.45. The number of rotatable bonds is 6. The van der Waals surface area contributed by atoms with E-state index >= 15 is 0 Å². The molecule has 1 N–H and O–H groups in total. The summed E-state index contributed by atoms with van der Waals surface area (Å²) in [6, 6.07) is 27.9. The van der Waals surface area contributed by atoms with Gasteiger partial charge in [-0.3, -0.25) is 0 Å². The van der Waals surface area contributed by atoms with E-state index in [0.717, 1.165) is 42.2 Å². The number of halogens is 4. The van der Waals surface area contributed by atoms with Crippen LogP contribution in [0.25, 0.3) is 10.8 Å². The van der Waals surface area contributed by atoms with E-state index < -0.39 is 11.7 Å². The van der Waals surface area contributed by atoms with Gasteiger partial charge in [-0.15, -0.1) is 12.4 Å². The average molecular weight is 513 g/mol. The normalized spacial score (nSPS) is 16.1. The van der Waals surface area contributed by atoms with Gasteiger partial charge >= 0.3 is 6.18 Å². The number of nitrogens with one attached hydrogen (secondary N) is 1. The molecule has 4 aromatic carbocycles. The minimum absolute atomic E-state index is 0. The predicted molar refractivity (Wildman–Crippen MR) is 142 cm³/mol. The Bertz CT molecular complexity index is 1300. The second-order valence-corrected chi connectivity index (χ2v) is 8.90. The molecule has 1 heterocycles. The number of benzene rings is 4. The molecule has 1 aliphatic heterocycles. The Labute approximate surface area is 215 Å². The number of alkyl halides is 3. The molecule has 3 nitrogen and oxygen atoms in total. The molecule has 0 amide bonds. The van der Waals surface area contributed by atoms with Gasteiger partial charge in [-0.2, -0.15) is 13.2 Å². The Morgan fingerprint density at radius 2 is 1.61 bits per heavy atom. The molecule has 36 heavy (non-hydrogen) atoms. The highest BCUT2D eigenvalue weighted by Gasteiger charge is 2.31. The zero-order chi connectivity index (χ0) is 24.4. The van der Waals surface area contributed by atoms with Crippen LogP contribution in [0.4, 0.5) is 24.5 Å². The van der Waals surface area contributed by atoms with Crippen LogP contribution in [-0.4, -0.2) is 19.2 Å². The van der Waals surface area contributed by atoms with Crippen molar-refractivity contribution in [3.63, 3.8) is 0 Å². The monoisotopic (exact) mass is 512 g/mol. The van der Waals surface area contributed by atoms with Gasteiger partial charge in [0.2, 0.25) is 0 Å². The number of fused-ring (bicyclic) bond motifs is 2. The summed E-state index contributed by atoms with van der Waals surface area (Å²) in [6.45, 7) is 3.47. The summed E-state index contributed by atoms with van der Waals surface area (Å²) in [6.07, 6.45) is -3.68. The molecular formula is C29H28ClF3N2O. The van der Waals surface area contributed by atoms with Crippen LogP contribution in [0.2, 0.25) is 0 Å². The van der Waals surface area contributed by atoms with E-state index in [0.29, 0.717) is 6.54 Å². The Morgan fingerprint density at radius 1 is 0.917 bits per heavy atom. The van der Waals surface area contributed by atoms with E-state index in [1.54, 1.807) is 0 Å². The molecule has 0 fully saturated rings. The molecule has 1 unspecified atom stereocenters. The Morgan fingerprint density at radius 3 is 2.39 bits per heavy atom. The van der Waals surface area contributed by atoms with Gasteiger partial charge in [-0.05, 0) is 72.6 Å². The molecule has 188 valence electrons. The lowest BCUT2D eigenvalue weighted by Gasteiger charge is -2.36. The van der Waals surface area contributed by atoms with Gasteiger partial charge in [0.15, 0.2) is 0 Å². The molecule has 2 atom stereocenters. The largest absolute Gasteiger partial charge is 0.486 e. The lowest BCUT2D eigenvalue weighted by Crippen LogP contribution is -2.39.